The van der Waals surface area contributed by atoms with Gasteiger partial charge in [-0.05, 0) is 18.0 Å². The van der Waals surface area contributed by atoms with Gasteiger partial charge >= 0.3 is 0 Å². The number of rotatable bonds is 6. The van der Waals surface area contributed by atoms with Gasteiger partial charge in [0.2, 0.25) is 11.8 Å². The lowest BCUT2D eigenvalue weighted by atomic mass is 9.89. The Morgan fingerprint density at radius 3 is 2.45 bits per heavy atom. The fourth-order valence-corrected chi connectivity index (χ4v) is 3.38. The summed E-state index contributed by atoms with van der Waals surface area (Å²) in [4.78, 5) is 24.7. The zero-order valence-electron chi connectivity index (χ0n) is 12.3. The van der Waals surface area contributed by atoms with Gasteiger partial charge in [0.1, 0.15) is 0 Å². The molecule has 2 atom stereocenters. The lowest BCUT2D eigenvalue weighted by Crippen LogP contribution is -2.31. The lowest BCUT2D eigenvalue weighted by Gasteiger charge is -2.16. The third-order valence-corrected chi connectivity index (χ3v) is 4.73. The van der Waals surface area contributed by atoms with Crippen LogP contribution in [0.1, 0.15) is 11.5 Å². The van der Waals surface area contributed by atoms with Crippen molar-refractivity contribution in [2.45, 2.75) is 5.92 Å². The van der Waals surface area contributed by atoms with E-state index in [9.17, 15) is 9.59 Å². The number of primary amides is 1. The first-order valence-electron chi connectivity index (χ1n) is 7.00. The number of amides is 2. The van der Waals surface area contributed by atoms with Gasteiger partial charge in [-0.25, -0.2) is 0 Å². The summed E-state index contributed by atoms with van der Waals surface area (Å²) in [5, 5.41) is 0. The van der Waals surface area contributed by atoms with Gasteiger partial charge in [0.25, 0.3) is 0 Å². The van der Waals surface area contributed by atoms with E-state index in [1.807, 2.05) is 23.1 Å². The van der Waals surface area contributed by atoms with Crippen molar-refractivity contribution in [3.8, 4) is 0 Å². The van der Waals surface area contributed by atoms with Crippen LogP contribution in [0.5, 0.6) is 0 Å². The van der Waals surface area contributed by atoms with E-state index in [-0.39, 0.29) is 30.0 Å². The molecule has 1 aliphatic rings. The quantitative estimate of drug-likeness (QED) is 0.800. The van der Waals surface area contributed by atoms with Crippen LogP contribution < -0.4 is 11.5 Å². The van der Waals surface area contributed by atoms with E-state index in [1.54, 1.807) is 0 Å². The van der Waals surface area contributed by atoms with Gasteiger partial charge in [-0.15, -0.1) is 24.2 Å². The van der Waals surface area contributed by atoms with Gasteiger partial charge in [-0.3, -0.25) is 9.59 Å². The summed E-state index contributed by atoms with van der Waals surface area (Å²) < 4.78 is 0. The van der Waals surface area contributed by atoms with E-state index >= 15 is 0 Å². The molecule has 1 aliphatic heterocycles. The lowest BCUT2D eigenvalue weighted by molar-refractivity contribution is -0.127. The highest BCUT2D eigenvalue weighted by atomic mass is 35.5. The van der Waals surface area contributed by atoms with Crippen molar-refractivity contribution in [3.05, 3.63) is 35.9 Å². The molecular weight excluding hydrogens is 322 g/mol. The fraction of sp³-hybridized carbons (Fsp3) is 0.467. The summed E-state index contributed by atoms with van der Waals surface area (Å²) >= 11 is 1.27. The first-order valence-corrected chi connectivity index (χ1v) is 8.16. The molecule has 122 valence electrons. The zero-order chi connectivity index (χ0) is 15.2. The molecule has 0 radical (unpaired) electrons. The van der Waals surface area contributed by atoms with Crippen LogP contribution >= 0.6 is 24.2 Å². The van der Waals surface area contributed by atoms with Crippen LogP contribution in [-0.2, 0) is 9.59 Å². The standard InChI is InChI=1S/C15H21N3O2S.ClH/c16-6-12-7-18(15(20)10-21-9-14(17)19)8-13(12)11-4-2-1-3-5-11;/h1-5,12-13H,6-10,16H2,(H2,17,19);1H/t12-,13+;/m1./s1. The van der Waals surface area contributed by atoms with Crippen molar-refractivity contribution in [2.75, 3.05) is 31.1 Å². The molecule has 1 fully saturated rings. The van der Waals surface area contributed by atoms with Crippen LogP contribution in [0.4, 0.5) is 0 Å². The Kier molecular flexibility index (Phi) is 7.72. The number of likely N-dealkylation sites (tertiary alicyclic amines) is 1. The maximum absolute atomic E-state index is 12.2. The first-order chi connectivity index (χ1) is 10.1. The average molecular weight is 344 g/mol. The molecule has 1 aromatic carbocycles. The Balaban J connectivity index is 0.00000242. The molecule has 7 heteroatoms. The minimum absolute atomic E-state index is 0. The fourth-order valence-electron chi connectivity index (χ4n) is 2.72. The Morgan fingerprint density at radius 1 is 1.18 bits per heavy atom. The highest BCUT2D eigenvalue weighted by Crippen LogP contribution is 2.32. The highest BCUT2D eigenvalue weighted by molar-refractivity contribution is 8.00. The van der Waals surface area contributed by atoms with Crippen molar-refractivity contribution in [3.63, 3.8) is 0 Å². The van der Waals surface area contributed by atoms with Gasteiger partial charge in [-0.2, -0.15) is 0 Å². The highest BCUT2D eigenvalue weighted by Gasteiger charge is 2.34. The predicted octanol–water partition coefficient (Wildman–Crippen LogP) is 0.828. The van der Waals surface area contributed by atoms with E-state index in [0.29, 0.717) is 31.3 Å². The molecule has 1 heterocycles. The maximum atomic E-state index is 12.2. The largest absolute Gasteiger partial charge is 0.369 e. The van der Waals surface area contributed by atoms with Gasteiger partial charge in [0, 0.05) is 19.0 Å². The van der Waals surface area contributed by atoms with Crippen LogP contribution in [0, 0.1) is 5.92 Å². The second-order valence-electron chi connectivity index (χ2n) is 5.27. The van der Waals surface area contributed by atoms with Crippen molar-refractivity contribution >= 4 is 36.0 Å². The van der Waals surface area contributed by atoms with Gasteiger partial charge in [-0.1, -0.05) is 30.3 Å². The molecule has 2 rings (SSSR count). The first kappa shape index (κ1) is 18.8. The summed E-state index contributed by atoms with van der Waals surface area (Å²) in [6.45, 7) is 1.95. The number of hydrogen-bond acceptors (Lipinski definition) is 4. The summed E-state index contributed by atoms with van der Waals surface area (Å²) in [5.41, 5.74) is 12.2. The molecule has 0 aliphatic carbocycles. The molecule has 0 aromatic heterocycles. The third kappa shape index (κ3) is 4.90. The van der Waals surface area contributed by atoms with Crippen molar-refractivity contribution in [1.29, 1.82) is 0 Å². The Morgan fingerprint density at radius 2 is 1.86 bits per heavy atom. The zero-order valence-corrected chi connectivity index (χ0v) is 13.9. The molecular formula is C15H22ClN3O2S. The van der Waals surface area contributed by atoms with Crippen LogP contribution in [-0.4, -0.2) is 47.9 Å². The summed E-state index contributed by atoms with van der Waals surface area (Å²) in [7, 11) is 0. The molecule has 1 aromatic rings. The molecule has 0 saturated carbocycles. The van der Waals surface area contributed by atoms with Crippen molar-refractivity contribution < 1.29 is 9.59 Å². The summed E-state index contributed by atoms with van der Waals surface area (Å²) in [6, 6.07) is 10.2. The number of thioether (sulfide) groups is 1. The van der Waals surface area contributed by atoms with E-state index in [2.05, 4.69) is 12.1 Å². The average Bonchev–Trinajstić information content (AvgIpc) is 2.92. The number of nitrogens with zero attached hydrogens (tertiary/aromatic N) is 1. The number of halogens is 1. The van der Waals surface area contributed by atoms with Crippen LogP contribution in [0.3, 0.4) is 0 Å². The molecule has 22 heavy (non-hydrogen) atoms. The van der Waals surface area contributed by atoms with Crippen molar-refractivity contribution in [2.24, 2.45) is 17.4 Å². The summed E-state index contributed by atoms with van der Waals surface area (Å²) in [6.07, 6.45) is 0. The number of carbonyl (C=O) groups is 2. The number of hydrogen-bond donors (Lipinski definition) is 2. The smallest absolute Gasteiger partial charge is 0.232 e. The molecule has 0 unspecified atom stereocenters. The molecule has 2 amide bonds. The van der Waals surface area contributed by atoms with E-state index in [1.165, 1.54) is 17.3 Å². The predicted molar refractivity (Wildman–Crippen MR) is 92.1 cm³/mol. The van der Waals surface area contributed by atoms with Crippen molar-refractivity contribution in [1.82, 2.24) is 4.90 Å². The number of benzene rings is 1. The Labute approximate surface area is 141 Å². The Hall–Kier alpha value is -1.24. The number of nitrogens with two attached hydrogens (primary N) is 2. The van der Waals surface area contributed by atoms with Gasteiger partial charge in [0.05, 0.1) is 11.5 Å². The summed E-state index contributed by atoms with van der Waals surface area (Å²) in [5.74, 6) is 0.720. The minimum atomic E-state index is -0.392. The van der Waals surface area contributed by atoms with E-state index in [0.717, 1.165) is 0 Å². The Bertz CT molecular complexity index is 501. The molecule has 0 bridgehead atoms. The monoisotopic (exact) mass is 343 g/mol. The van der Waals surface area contributed by atoms with E-state index < -0.39 is 5.91 Å². The van der Waals surface area contributed by atoms with Crippen LogP contribution in [0.15, 0.2) is 30.3 Å². The molecule has 0 spiro atoms. The van der Waals surface area contributed by atoms with E-state index in [4.69, 9.17) is 11.5 Å². The van der Waals surface area contributed by atoms with Crippen LogP contribution in [0.2, 0.25) is 0 Å². The second-order valence-corrected chi connectivity index (χ2v) is 6.26. The third-order valence-electron chi connectivity index (χ3n) is 3.79. The minimum Gasteiger partial charge on any atom is -0.369 e. The number of carbonyl (C=O) groups excluding carboxylic acids is 2. The molecule has 5 nitrogen and oxygen atoms in total. The maximum Gasteiger partial charge on any atom is 0.232 e. The normalized spacial score (nSPS) is 20.5. The van der Waals surface area contributed by atoms with Gasteiger partial charge in [0.15, 0.2) is 0 Å². The molecule has 1 saturated heterocycles. The van der Waals surface area contributed by atoms with Gasteiger partial charge < -0.3 is 16.4 Å². The SMILES string of the molecule is Cl.NC[C@@H]1CN(C(=O)CSCC(N)=O)C[C@H]1c1ccccc1. The second kappa shape index (κ2) is 9.02. The van der Waals surface area contributed by atoms with Crippen LogP contribution in [0.25, 0.3) is 0 Å². The topological polar surface area (TPSA) is 89.4 Å². The molecule has 4 N–H and O–H groups in total.